The molecule has 1 saturated heterocycles. The number of aromatic nitrogens is 3. The summed E-state index contributed by atoms with van der Waals surface area (Å²) in [5.41, 5.74) is 1.01. The third-order valence-corrected chi connectivity index (χ3v) is 6.16. The second-order valence-electron chi connectivity index (χ2n) is 8.70. The number of anilines is 1. The van der Waals surface area contributed by atoms with Crippen LogP contribution >= 0.6 is 0 Å². The number of hydrogen-bond acceptors (Lipinski definition) is 6. The zero-order valence-electron chi connectivity index (χ0n) is 21.3. The molecule has 0 unspecified atom stereocenters. The largest absolute Gasteiger partial charge is 0.416 e. The minimum absolute atomic E-state index is 0.220. The maximum atomic E-state index is 13.1. The molecule has 39 heavy (non-hydrogen) atoms. The Hall–Kier alpha value is -4.25. The Balaban J connectivity index is 1.52. The van der Waals surface area contributed by atoms with Crippen molar-refractivity contribution in [2.24, 2.45) is 0 Å². The summed E-state index contributed by atoms with van der Waals surface area (Å²) in [5, 5.41) is 2.53. The number of carbonyl (C=O) groups excluding carboxylic acids is 2. The van der Waals surface area contributed by atoms with Gasteiger partial charge in [0.25, 0.3) is 0 Å². The predicted molar refractivity (Wildman–Crippen MR) is 140 cm³/mol. The Labute approximate surface area is 223 Å². The van der Waals surface area contributed by atoms with Crippen LogP contribution in [0.15, 0.2) is 73.2 Å². The summed E-state index contributed by atoms with van der Waals surface area (Å²) in [7, 11) is 0. The first-order valence-corrected chi connectivity index (χ1v) is 12.4. The number of carbonyl (C=O) groups is 2. The van der Waals surface area contributed by atoms with Gasteiger partial charge in [-0.25, -0.2) is 9.97 Å². The molecule has 1 aliphatic heterocycles. The molecule has 0 spiro atoms. The van der Waals surface area contributed by atoms with Gasteiger partial charge in [-0.15, -0.1) is 0 Å². The molecule has 204 valence electrons. The second-order valence-corrected chi connectivity index (χ2v) is 8.70. The molecule has 8 nitrogen and oxygen atoms in total. The number of halogens is 3. The average Bonchev–Trinajstić information content (AvgIpc) is 3.44. The number of hydrogen-bond donors (Lipinski definition) is 1. The van der Waals surface area contributed by atoms with E-state index >= 15 is 0 Å². The number of allylic oxidation sites excluding steroid dienone is 2. The van der Waals surface area contributed by atoms with Crippen LogP contribution in [0.4, 0.5) is 19.0 Å². The van der Waals surface area contributed by atoms with Gasteiger partial charge in [0.1, 0.15) is 5.82 Å². The lowest BCUT2D eigenvalue weighted by atomic mass is 9.97. The molecule has 3 heterocycles. The molecule has 2 aromatic heterocycles. The van der Waals surface area contributed by atoms with E-state index in [1.807, 2.05) is 19.1 Å². The van der Waals surface area contributed by atoms with Crippen LogP contribution in [0.5, 0.6) is 0 Å². The number of morpholine rings is 1. The molecule has 0 aliphatic carbocycles. The first-order chi connectivity index (χ1) is 18.8. The monoisotopic (exact) mass is 539 g/mol. The van der Waals surface area contributed by atoms with Crippen LogP contribution in [-0.4, -0.2) is 59.1 Å². The number of nitrogens with zero attached hydrogens (tertiary/aromatic N) is 4. The van der Waals surface area contributed by atoms with Gasteiger partial charge in [0.15, 0.2) is 5.82 Å². The SMILES string of the molecule is CCn1ccnc1C(=O)CNC(=O)/C=C/C=C(/c1ccc(C(F)(F)F)cc1)c1ccc(N2CCOCC2)nc1. The number of nitrogens with one attached hydrogen (secondary N) is 1. The number of aryl methyl sites for hydroxylation is 1. The van der Waals surface area contributed by atoms with Crippen molar-refractivity contribution in [2.75, 3.05) is 37.7 Å². The van der Waals surface area contributed by atoms with Crippen LogP contribution in [0, 0.1) is 0 Å². The smallest absolute Gasteiger partial charge is 0.378 e. The van der Waals surface area contributed by atoms with Crippen LogP contribution in [0.2, 0.25) is 0 Å². The van der Waals surface area contributed by atoms with E-state index in [9.17, 15) is 22.8 Å². The number of benzene rings is 1. The molecule has 0 saturated carbocycles. The van der Waals surface area contributed by atoms with Crippen LogP contribution in [0.25, 0.3) is 5.57 Å². The number of amides is 1. The summed E-state index contributed by atoms with van der Waals surface area (Å²) in [5.74, 6) is 0.217. The molecule has 1 aromatic carbocycles. The average molecular weight is 540 g/mol. The van der Waals surface area contributed by atoms with Crippen molar-refractivity contribution < 1.29 is 27.5 Å². The maximum Gasteiger partial charge on any atom is 0.416 e. The summed E-state index contributed by atoms with van der Waals surface area (Å²) in [6.07, 6.45) is 4.76. The van der Waals surface area contributed by atoms with E-state index in [-0.39, 0.29) is 18.2 Å². The Morgan fingerprint density at radius 1 is 1.05 bits per heavy atom. The number of alkyl halides is 3. The highest BCUT2D eigenvalue weighted by Gasteiger charge is 2.30. The summed E-state index contributed by atoms with van der Waals surface area (Å²) < 4.78 is 46.3. The van der Waals surface area contributed by atoms with Gasteiger partial charge in [0.2, 0.25) is 11.7 Å². The van der Waals surface area contributed by atoms with Gasteiger partial charge in [0.05, 0.1) is 25.3 Å². The van der Waals surface area contributed by atoms with Gasteiger partial charge in [-0.2, -0.15) is 13.2 Å². The molecule has 0 bridgehead atoms. The third kappa shape index (κ3) is 7.20. The van der Waals surface area contributed by atoms with Crippen molar-refractivity contribution in [3.05, 3.63) is 95.7 Å². The lowest BCUT2D eigenvalue weighted by molar-refractivity contribution is -0.137. The highest BCUT2D eigenvalue weighted by molar-refractivity contribution is 5.98. The molecule has 0 atom stereocenters. The van der Waals surface area contributed by atoms with Gasteiger partial charge in [0, 0.05) is 49.9 Å². The molecular weight excluding hydrogens is 511 g/mol. The first-order valence-electron chi connectivity index (χ1n) is 12.4. The van der Waals surface area contributed by atoms with Crippen LogP contribution in [0.3, 0.4) is 0 Å². The molecule has 4 rings (SSSR count). The highest BCUT2D eigenvalue weighted by Crippen LogP contribution is 2.31. The van der Waals surface area contributed by atoms with E-state index < -0.39 is 17.6 Å². The number of ether oxygens (including phenoxy) is 1. The van der Waals surface area contributed by atoms with Crippen molar-refractivity contribution in [3.63, 3.8) is 0 Å². The zero-order valence-corrected chi connectivity index (χ0v) is 21.3. The molecule has 1 aliphatic rings. The zero-order chi connectivity index (χ0) is 27.8. The van der Waals surface area contributed by atoms with Crippen LogP contribution < -0.4 is 10.2 Å². The maximum absolute atomic E-state index is 13.1. The Morgan fingerprint density at radius 2 is 1.77 bits per heavy atom. The Bertz CT molecular complexity index is 1340. The summed E-state index contributed by atoms with van der Waals surface area (Å²) in [6.45, 7) is 4.90. The predicted octanol–water partition coefficient (Wildman–Crippen LogP) is 4.14. The topological polar surface area (TPSA) is 89.4 Å². The third-order valence-electron chi connectivity index (χ3n) is 6.16. The molecule has 1 amide bonds. The summed E-state index contributed by atoms with van der Waals surface area (Å²) in [4.78, 5) is 35.3. The number of rotatable bonds is 9. The van der Waals surface area contributed by atoms with Crippen molar-refractivity contribution >= 4 is 23.1 Å². The van der Waals surface area contributed by atoms with Crippen molar-refractivity contribution in [3.8, 4) is 0 Å². The van der Waals surface area contributed by atoms with Gasteiger partial charge >= 0.3 is 6.18 Å². The molecule has 1 N–H and O–H groups in total. The highest BCUT2D eigenvalue weighted by atomic mass is 19.4. The fourth-order valence-electron chi connectivity index (χ4n) is 4.08. The lowest BCUT2D eigenvalue weighted by Crippen LogP contribution is -2.36. The Morgan fingerprint density at radius 3 is 2.41 bits per heavy atom. The minimum atomic E-state index is -4.45. The molecular formula is C28H28F3N5O3. The van der Waals surface area contributed by atoms with Crippen LogP contribution in [-0.2, 0) is 22.3 Å². The molecule has 3 aromatic rings. The lowest BCUT2D eigenvalue weighted by Gasteiger charge is -2.27. The minimum Gasteiger partial charge on any atom is -0.378 e. The second kappa shape index (κ2) is 12.5. The Kier molecular flexibility index (Phi) is 8.92. The quantitative estimate of drug-likeness (QED) is 0.250. The van der Waals surface area contributed by atoms with Crippen LogP contribution in [0.1, 0.15) is 34.2 Å². The van der Waals surface area contributed by atoms with E-state index in [2.05, 4.69) is 20.2 Å². The van der Waals surface area contributed by atoms with Crippen molar-refractivity contribution in [1.29, 1.82) is 0 Å². The normalized spacial score (nSPS) is 14.6. The molecule has 11 heteroatoms. The number of ketones is 1. The van der Waals surface area contributed by atoms with E-state index in [1.165, 1.54) is 30.5 Å². The van der Waals surface area contributed by atoms with Gasteiger partial charge in [-0.05, 0) is 42.3 Å². The number of pyridine rings is 1. The molecule has 0 radical (unpaired) electrons. The van der Waals surface area contributed by atoms with E-state index in [4.69, 9.17) is 4.74 Å². The van der Waals surface area contributed by atoms with Crippen molar-refractivity contribution in [2.45, 2.75) is 19.6 Å². The number of Topliss-reactive ketones (excluding diaryl/α,β-unsaturated/α-hetero) is 1. The van der Waals surface area contributed by atoms with Gasteiger partial charge < -0.3 is 19.5 Å². The van der Waals surface area contributed by atoms with E-state index in [0.717, 1.165) is 18.0 Å². The van der Waals surface area contributed by atoms with Gasteiger partial charge in [-0.1, -0.05) is 24.3 Å². The molecule has 1 fully saturated rings. The van der Waals surface area contributed by atoms with E-state index in [0.29, 0.717) is 49.5 Å². The van der Waals surface area contributed by atoms with E-state index in [1.54, 1.807) is 23.0 Å². The van der Waals surface area contributed by atoms with Gasteiger partial charge in [-0.3, -0.25) is 9.59 Å². The van der Waals surface area contributed by atoms with Crippen molar-refractivity contribution in [1.82, 2.24) is 19.9 Å². The fraction of sp³-hybridized carbons (Fsp3) is 0.286. The number of imidazole rings is 1. The first kappa shape index (κ1) is 27.8. The summed E-state index contributed by atoms with van der Waals surface area (Å²) >= 11 is 0. The fourth-order valence-corrected chi connectivity index (χ4v) is 4.08. The summed E-state index contributed by atoms with van der Waals surface area (Å²) in [6, 6.07) is 8.48. The standard InChI is InChI=1S/C28H28F3N5O3/c1-2-35-13-12-32-27(35)24(37)19-34-26(38)5-3-4-23(20-6-9-22(10-7-20)28(29,30)31)21-8-11-25(33-18-21)36-14-16-39-17-15-36/h3-13,18H,2,14-17,19H2,1H3,(H,34,38)/b5-3+,23-4-.